The zero-order valence-electron chi connectivity index (χ0n) is 21.7. The van der Waals surface area contributed by atoms with Gasteiger partial charge in [-0.3, -0.25) is 9.69 Å². The number of aromatic nitrogens is 2. The smallest absolute Gasteiger partial charge is 0.307 e. The first kappa shape index (κ1) is 24.6. The lowest BCUT2D eigenvalue weighted by atomic mass is 9.86. The van der Waals surface area contributed by atoms with Crippen molar-refractivity contribution in [3.8, 4) is 0 Å². The summed E-state index contributed by atoms with van der Waals surface area (Å²) in [6, 6.07) is 13.2. The number of hydrogen-bond donors (Lipinski definition) is 0. The molecule has 0 bridgehead atoms. The summed E-state index contributed by atoms with van der Waals surface area (Å²) in [5, 5.41) is 0. The van der Waals surface area contributed by atoms with Crippen LogP contribution < -0.4 is 0 Å². The van der Waals surface area contributed by atoms with Crippen LogP contribution in [-0.2, 0) is 9.53 Å². The van der Waals surface area contributed by atoms with Gasteiger partial charge in [0.15, 0.2) is 5.72 Å². The molecule has 2 unspecified atom stereocenters. The number of carbonyl (C=O) groups is 1. The van der Waals surface area contributed by atoms with Crippen LogP contribution in [0.3, 0.4) is 0 Å². The number of halogens is 1. The maximum Gasteiger partial charge on any atom is 0.307 e. The quantitative estimate of drug-likeness (QED) is 0.414. The minimum atomic E-state index is -0.469. The van der Waals surface area contributed by atoms with Crippen LogP contribution in [0.1, 0.15) is 68.5 Å². The number of likely N-dealkylation sites (tertiary alicyclic amines) is 2. The van der Waals surface area contributed by atoms with E-state index in [1.54, 1.807) is 6.07 Å². The Kier molecular flexibility index (Phi) is 6.76. The zero-order valence-corrected chi connectivity index (χ0v) is 21.7. The second-order valence-corrected chi connectivity index (χ2v) is 11.2. The van der Waals surface area contributed by atoms with Crippen molar-refractivity contribution < 1.29 is 13.9 Å². The van der Waals surface area contributed by atoms with Crippen molar-refractivity contribution in [2.75, 3.05) is 32.7 Å². The molecule has 6 nitrogen and oxygen atoms in total. The van der Waals surface area contributed by atoms with Gasteiger partial charge in [-0.2, -0.15) is 0 Å². The Balaban J connectivity index is 1.15. The Labute approximate surface area is 218 Å². The molecule has 6 rings (SSSR count). The second-order valence-electron chi connectivity index (χ2n) is 11.2. The number of hydrogen-bond acceptors (Lipinski definition) is 5. The molecule has 1 aliphatic carbocycles. The molecule has 2 aliphatic heterocycles. The van der Waals surface area contributed by atoms with Gasteiger partial charge in [-0.1, -0.05) is 25.1 Å². The van der Waals surface area contributed by atoms with Crippen molar-refractivity contribution in [1.29, 1.82) is 0 Å². The first-order valence-electron chi connectivity index (χ1n) is 13.9. The minimum absolute atomic E-state index is 0.125. The molecule has 1 saturated carbocycles. The van der Waals surface area contributed by atoms with E-state index in [0.29, 0.717) is 18.3 Å². The van der Waals surface area contributed by atoms with Gasteiger partial charge in [0.1, 0.15) is 11.5 Å². The van der Waals surface area contributed by atoms with E-state index in [4.69, 9.17) is 9.72 Å². The van der Waals surface area contributed by atoms with E-state index in [9.17, 15) is 9.18 Å². The normalized spacial score (nSPS) is 24.8. The van der Waals surface area contributed by atoms with E-state index in [-0.39, 0.29) is 17.7 Å². The number of benzene rings is 1. The summed E-state index contributed by atoms with van der Waals surface area (Å²) < 4.78 is 22.4. The Morgan fingerprint density at radius 3 is 2.68 bits per heavy atom. The Morgan fingerprint density at radius 2 is 1.97 bits per heavy atom. The number of carbonyl (C=O) groups excluding carboxylic acids is 1. The molecule has 1 aromatic carbocycles. The lowest BCUT2D eigenvalue weighted by molar-refractivity contribution is -0.205. The molecule has 2 saturated heterocycles. The monoisotopic (exact) mass is 504 g/mol. The van der Waals surface area contributed by atoms with Crippen LogP contribution >= 0.6 is 0 Å². The second kappa shape index (κ2) is 10.2. The number of esters is 1. The molecule has 37 heavy (non-hydrogen) atoms. The molecule has 3 aliphatic rings. The highest BCUT2D eigenvalue weighted by Crippen LogP contribution is 2.46. The fourth-order valence-corrected chi connectivity index (χ4v) is 6.64. The van der Waals surface area contributed by atoms with Crippen molar-refractivity contribution in [3.63, 3.8) is 0 Å². The Morgan fingerprint density at radius 1 is 1.14 bits per heavy atom. The van der Waals surface area contributed by atoms with Gasteiger partial charge < -0.3 is 14.0 Å². The number of imidazole rings is 1. The summed E-state index contributed by atoms with van der Waals surface area (Å²) in [7, 11) is 0. The van der Waals surface area contributed by atoms with Gasteiger partial charge in [-0.15, -0.1) is 0 Å². The zero-order chi connectivity index (χ0) is 25.4. The molecule has 3 aromatic rings. The van der Waals surface area contributed by atoms with Gasteiger partial charge in [0.25, 0.3) is 0 Å². The third-order valence-corrected chi connectivity index (χ3v) is 8.90. The van der Waals surface area contributed by atoms with Crippen molar-refractivity contribution in [1.82, 2.24) is 19.2 Å². The summed E-state index contributed by atoms with van der Waals surface area (Å²) in [4.78, 5) is 22.1. The van der Waals surface area contributed by atoms with E-state index < -0.39 is 5.72 Å². The van der Waals surface area contributed by atoms with E-state index in [1.807, 2.05) is 25.1 Å². The summed E-state index contributed by atoms with van der Waals surface area (Å²) >= 11 is 0. The molecule has 7 heteroatoms. The predicted octanol–water partition coefficient (Wildman–Crippen LogP) is 5.20. The molecule has 0 amide bonds. The van der Waals surface area contributed by atoms with Gasteiger partial charge in [-0.05, 0) is 68.1 Å². The molecule has 2 aromatic heterocycles. The lowest BCUT2D eigenvalue weighted by Crippen LogP contribution is -2.56. The molecule has 196 valence electrons. The highest BCUT2D eigenvalue weighted by atomic mass is 19.1. The van der Waals surface area contributed by atoms with Crippen LogP contribution in [0.15, 0.2) is 54.9 Å². The van der Waals surface area contributed by atoms with E-state index in [1.165, 1.54) is 11.8 Å². The predicted molar refractivity (Wildman–Crippen MR) is 141 cm³/mol. The SMILES string of the molecule is CCC(=O)OC1(N2CC(CN3CCC(c4cn5ccccc5n4)CC3)C(c3cccc(F)c3)C2)CCC1. The maximum atomic E-state index is 14.2. The molecule has 2 atom stereocenters. The average molecular weight is 505 g/mol. The summed E-state index contributed by atoms with van der Waals surface area (Å²) in [5.74, 6) is 0.774. The fourth-order valence-electron chi connectivity index (χ4n) is 6.64. The third kappa shape index (κ3) is 4.91. The third-order valence-electron chi connectivity index (χ3n) is 8.90. The highest BCUT2D eigenvalue weighted by Gasteiger charge is 2.51. The molecular formula is C30H37FN4O2. The number of ether oxygens (including phenoxy) is 1. The van der Waals surface area contributed by atoms with Crippen molar-refractivity contribution in [3.05, 3.63) is 71.9 Å². The number of nitrogens with zero attached hydrogens (tertiary/aromatic N) is 4. The molecule has 3 fully saturated rings. The molecular weight excluding hydrogens is 467 g/mol. The largest absolute Gasteiger partial charge is 0.444 e. The van der Waals surface area contributed by atoms with Crippen LogP contribution in [0.5, 0.6) is 0 Å². The number of rotatable bonds is 7. The average Bonchev–Trinajstić information content (AvgIpc) is 3.51. The molecule has 0 N–H and O–H groups in total. The number of piperidine rings is 1. The Hall–Kier alpha value is -2.77. The summed E-state index contributed by atoms with van der Waals surface area (Å²) in [5.41, 5.74) is 2.80. The topological polar surface area (TPSA) is 50.1 Å². The molecule has 4 heterocycles. The number of pyridine rings is 1. The highest BCUT2D eigenvalue weighted by molar-refractivity contribution is 5.69. The first-order valence-corrected chi connectivity index (χ1v) is 13.9. The van der Waals surface area contributed by atoms with E-state index >= 15 is 0 Å². The van der Waals surface area contributed by atoms with Crippen LogP contribution in [0.25, 0.3) is 5.65 Å². The van der Waals surface area contributed by atoms with Gasteiger partial charge in [0.05, 0.1) is 5.69 Å². The maximum absolute atomic E-state index is 14.2. The van der Waals surface area contributed by atoms with Crippen molar-refractivity contribution >= 4 is 11.6 Å². The van der Waals surface area contributed by atoms with Gasteiger partial charge in [0, 0.05) is 63.1 Å². The van der Waals surface area contributed by atoms with Crippen LogP contribution in [-0.4, -0.2) is 63.6 Å². The summed E-state index contributed by atoms with van der Waals surface area (Å²) in [6.45, 7) is 6.61. The standard InChI is InChI=1S/C30H37FN4O2/c1-2-29(36)37-30(12-6-13-30)35-19-24(26(20-35)23-7-5-8-25(31)17-23)18-33-15-10-22(11-16-33)27-21-34-14-4-3-9-28(34)32-27/h3-5,7-9,14,17,21-22,24,26H,2,6,10-13,15-16,18-20H2,1H3. The van der Waals surface area contributed by atoms with Crippen molar-refractivity contribution in [2.45, 2.75) is 63.0 Å². The van der Waals surface area contributed by atoms with Gasteiger partial charge >= 0.3 is 5.97 Å². The minimum Gasteiger partial charge on any atom is -0.444 e. The van der Waals surface area contributed by atoms with E-state index in [0.717, 1.165) is 76.0 Å². The van der Waals surface area contributed by atoms with Crippen LogP contribution in [0.4, 0.5) is 4.39 Å². The molecule has 0 spiro atoms. The summed E-state index contributed by atoms with van der Waals surface area (Å²) in [6.07, 6.45) is 9.71. The van der Waals surface area contributed by atoms with E-state index in [2.05, 4.69) is 38.7 Å². The van der Waals surface area contributed by atoms with Crippen LogP contribution in [0, 0.1) is 11.7 Å². The van der Waals surface area contributed by atoms with Gasteiger partial charge in [0.2, 0.25) is 0 Å². The fraction of sp³-hybridized carbons (Fsp3) is 0.533. The lowest BCUT2D eigenvalue weighted by Gasteiger charge is -2.47. The number of fused-ring (bicyclic) bond motifs is 1. The molecule has 0 radical (unpaired) electrons. The van der Waals surface area contributed by atoms with Gasteiger partial charge in [-0.25, -0.2) is 9.37 Å². The Bertz CT molecular complexity index is 1210. The van der Waals surface area contributed by atoms with Crippen molar-refractivity contribution in [2.24, 2.45) is 5.92 Å². The first-order chi connectivity index (χ1) is 18.0. The van der Waals surface area contributed by atoms with Crippen LogP contribution in [0.2, 0.25) is 0 Å².